The van der Waals surface area contributed by atoms with E-state index in [2.05, 4.69) is 23.4 Å². The van der Waals surface area contributed by atoms with Crippen LogP contribution in [0.15, 0.2) is 36.4 Å². The van der Waals surface area contributed by atoms with E-state index in [1.165, 1.54) is 0 Å². The van der Waals surface area contributed by atoms with Gasteiger partial charge in [0, 0.05) is 17.6 Å². The van der Waals surface area contributed by atoms with Gasteiger partial charge in [-0.25, -0.2) is 0 Å². The Morgan fingerprint density at radius 2 is 1.95 bits per heavy atom. The van der Waals surface area contributed by atoms with Crippen molar-refractivity contribution >= 4 is 23.2 Å². The molecule has 2 rings (SSSR count). The molecule has 2 aromatic rings. The minimum atomic E-state index is -0.347. The number of hydrogen-bond donors (Lipinski definition) is 2. The maximum absolute atomic E-state index is 9.38. The van der Waals surface area contributed by atoms with Crippen LogP contribution >= 0.6 is 12.4 Å². The topological polar surface area (TPSA) is 41.5 Å². The molecular formula is C18H22ClNO2. The summed E-state index contributed by atoms with van der Waals surface area (Å²) in [4.78, 5) is 0. The van der Waals surface area contributed by atoms with Gasteiger partial charge in [0.15, 0.2) is 0 Å². The predicted molar refractivity (Wildman–Crippen MR) is 93.5 cm³/mol. The van der Waals surface area contributed by atoms with Crippen LogP contribution in [0.3, 0.4) is 0 Å². The average Bonchev–Trinajstić information content (AvgIpc) is 2.51. The van der Waals surface area contributed by atoms with Crippen LogP contribution in [0.1, 0.15) is 19.4 Å². The molecule has 0 bridgehead atoms. The molecule has 0 amide bonds. The molecule has 0 atom stereocenters. The van der Waals surface area contributed by atoms with Crippen LogP contribution in [0.5, 0.6) is 5.75 Å². The predicted octanol–water partition coefficient (Wildman–Crippen LogP) is 3.13. The Morgan fingerprint density at radius 3 is 2.64 bits per heavy atom. The summed E-state index contributed by atoms with van der Waals surface area (Å²) in [5.41, 5.74) is 0.713. The van der Waals surface area contributed by atoms with E-state index in [1.807, 2.05) is 38.1 Å². The van der Waals surface area contributed by atoms with E-state index in [4.69, 9.17) is 11.2 Å². The third-order valence-corrected chi connectivity index (χ3v) is 3.45. The lowest BCUT2D eigenvalue weighted by molar-refractivity contribution is 0.187. The fourth-order valence-electron chi connectivity index (χ4n) is 2.14. The molecule has 0 saturated heterocycles. The molecule has 4 heteroatoms. The Bertz CT molecular complexity index is 662. The highest BCUT2D eigenvalue weighted by Crippen LogP contribution is 2.28. The van der Waals surface area contributed by atoms with Crippen molar-refractivity contribution in [2.45, 2.75) is 25.9 Å². The number of aliphatic hydroxyl groups is 1. The molecule has 2 N–H and O–H groups in total. The van der Waals surface area contributed by atoms with Crippen molar-refractivity contribution in [1.29, 1.82) is 0 Å². The van der Waals surface area contributed by atoms with Crippen molar-refractivity contribution in [2.24, 2.45) is 0 Å². The van der Waals surface area contributed by atoms with Gasteiger partial charge in [-0.15, -0.1) is 18.8 Å². The highest BCUT2D eigenvalue weighted by atomic mass is 35.5. The summed E-state index contributed by atoms with van der Waals surface area (Å²) >= 11 is 0. The number of aliphatic hydroxyl groups excluding tert-OH is 1. The van der Waals surface area contributed by atoms with Crippen molar-refractivity contribution in [1.82, 2.24) is 5.32 Å². The van der Waals surface area contributed by atoms with E-state index in [-0.39, 0.29) is 31.2 Å². The molecule has 0 aliphatic heterocycles. The van der Waals surface area contributed by atoms with Crippen LogP contribution in [-0.2, 0) is 6.54 Å². The van der Waals surface area contributed by atoms with Crippen LogP contribution in [0, 0.1) is 12.3 Å². The Labute approximate surface area is 138 Å². The quantitative estimate of drug-likeness (QED) is 0.804. The number of fused-ring (bicyclic) bond motifs is 1. The molecule has 0 aliphatic carbocycles. The van der Waals surface area contributed by atoms with E-state index >= 15 is 0 Å². The SMILES string of the molecule is C#CCOc1ccc2ccccc2c1CNC(C)(C)CO.Cl. The number of nitrogens with one attached hydrogen (secondary N) is 1. The first-order valence-corrected chi connectivity index (χ1v) is 7.00. The summed E-state index contributed by atoms with van der Waals surface area (Å²) in [5, 5.41) is 15.0. The van der Waals surface area contributed by atoms with Gasteiger partial charge in [-0.2, -0.15) is 0 Å². The third kappa shape index (κ3) is 4.38. The number of hydrogen-bond acceptors (Lipinski definition) is 3. The summed E-state index contributed by atoms with van der Waals surface area (Å²) < 4.78 is 5.65. The lowest BCUT2D eigenvalue weighted by atomic mass is 10.0. The Balaban J connectivity index is 0.00000242. The zero-order valence-electron chi connectivity index (χ0n) is 12.9. The van der Waals surface area contributed by atoms with Gasteiger partial charge >= 0.3 is 0 Å². The number of terminal acetylenes is 1. The molecule has 118 valence electrons. The standard InChI is InChI=1S/C18H21NO2.ClH/c1-4-11-21-17-10-9-14-7-5-6-8-15(14)16(17)12-19-18(2,3)13-20;/h1,5-10,19-20H,11-13H2,2-3H3;1H. The van der Waals surface area contributed by atoms with Gasteiger partial charge in [-0.05, 0) is 30.7 Å². The number of benzene rings is 2. The van der Waals surface area contributed by atoms with Gasteiger partial charge in [0.2, 0.25) is 0 Å². The second kappa shape index (κ2) is 8.05. The smallest absolute Gasteiger partial charge is 0.148 e. The maximum atomic E-state index is 9.38. The van der Waals surface area contributed by atoms with Crippen LogP contribution < -0.4 is 10.1 Å². The monoisotopic (exact) mass is 319 g/mol. The van der Waals surface area contributed by atoms with Gasteiger partial charge < -0.3 is 15.2 Å². The third-order valence-electron chi connectivity index (χ3n) is 3.45. The summed E-state index contributed by atoms with van der Waals surface area (Å²) in [6, 6.07) is 12.1. The number of halogens is 1. The fourth-order valence-corrected chi connectivity index (χ4v) is 2.14. The highest BCUT2D eigenvalue weighted by Gasteiger charge is 2.17. The lowest BCUT2D eigenvalue weighted by Gasteiger charge is -2.25. The van der Waals surface area contributed by atoms with E-state index in [0.717, 1.165) is 22.1 Å². The molecule has 0 heterocycles. The molecule has 0 unspecified atom stereocenters. The molecule has 0 radical (unpaired) electrons. The molecule has 22 heavy (non-hydrogen) atoms. The van der Waals surface area contributed by atoms with Gasteiger partial charge in [-0.1, -0.05) is 36.3 Å². The van der Waals surface area contributed by atoms with Gasteiger partial charge in [-0.3, -0.25) is 0 Å². The second-order valence-corrected chi connectivity index (χ2v) is 5.65. The lowest BCUT2D eigenvalue weighted by Crippen LogP contribution is -2.42. The molecule has 2 aromatic carbocycles. The molecule has 3 nitrogen and oxygen atoms in total. The minimum Gasteiger partial charge on any atom is -0.481 e. The van der Waals surface area contributed by atoms with E-state index in [0.29, 0.717) is 6.54 Å². The minimum absolute atomic E-state index is 0. The highest BCUT2D eigenvalue weighted by molar-refractivity contribution is 5.87. The first-order chi connectivity index (χ1) is 10.1. The second-order valence-electron chi connectivity index (χ2n) is 5.65. The average molecular weight is 320 g/mol. The summed E-state index contributed by atoms with van der Waals surface area (Å²) in [7, 11) is 0. The van der Waals surface area contributed by atoms with Gasteiger partial charge in [0.05, 0.1) is 6.61 Å². The molecule has 0 saturated carbocycles. The largest absolute Gasteiger partial charge is 0.481 e. The van der Waals surface area contributed by atoms with Crippen LogP contribution in [0.4, 0.5) is 0 Å². The first kappa shape index (κ1) is 18.3. The van der Waals surface area contributed by atoms with Crippen molar-refractivity contribution in [3.8, 4) is 18.1 Å². The molecule has 0 spiro atoms. The van der Waals surface area contributed by atoms with Crippen LogP contribution in [0.2, 0.25) is 0 Å². The van der Waals surface area contributed by atoms with E-state index in [9.17, 15) is 5.11 Å². The molecule has 0 aliphatic rings. The van der Waals surface area contributed by atoms with Gasteiger partial charge in [0.25, 0.3) is 0 Å². The summed E-state index contributed by atoms with van der Waals surface area (Å²) in [5.74, 6) is 3.28. The Hall–Kier alpha value is -1.73. The molecule has 0 aromatic heterocycles. The van der Waals surface area contributed by atoms with Crippen LogP contribution in [0.25, 0.3) is 10.8 Å². The summed E-state index contributed by atoms with van der Waals surface area (Å²) in [6.07, 6.45) is 5.28. The Morgan fingerprint density at radius 1 is 1.23 bits per heavy atom. The van der Waals surface area contributed by atoms with Crippen molar-refractivity contribution < 1.29 is 9.84 Å². The van der Waals surface area contributed by atoms with E-state index < -0.39 is 0 Å². The van der Waals surface area contributed by atoms with Gasteiger partial charge in [0.1, 0.15) is 12.4 Å². The Kier molecular flexibility index (Phi) is 6.70. The number of rotatable bonds is 6. The zero-order valence-corrected chi connectivity index (χ0v) is 13.7. The van der Waals surface area contributed by atoms with Crippen LogP contribution in [-0.4, -0.2) is 23.9 Å². The number of ether oxygens (including phenoxy) is 1. The molecule has 0 fully saturated rings. The van der Waals surface area contributed by atoms with Crippen molar-refractivity contribution in [3.05, 3.63) is 42.0 Å². The zero-order chi connectivity index (χ0) is 15.3. The molecular weight excluding hydrogens is 298 g/mol. The van der Waals surface area contributed by atoms with Crippen molar-refractivity contribution in [3.63, 3.8) is 0 Å². The normalized spacial score (nSPS) is 10.8. The summed E-state index contributed by atoms with van der Waals surface area (Å²) in [6.45, 7) is 4.84. The van der Waals surface area contributed by atoms with Crippen molar-refractivity contribution in [2.75, 3.05) is 13.2 Å². The first-order valence-electron chi connectivity index (χ1n) is 7.00. The van der Waals surface area contributed by atoms with E-state index in [1.54, 1.807) is 0 Å². The maximum Gasteiger partial charge on any atom is 0.148 e. The fraction of sp³-hybridized carbons (Fsp3) is 0.333.